The Morgan fingerprint density at radius 3 is 2.68 bits per heavy atom. The van der Waals surface area contributed by atoms with E-state index in [9.17, 15) is 28.0 Å². The number of amides is 1. The number of rotatable bonds is 5. The average molecular weight is 628 g/mol. The minimum absolute atomic E-state index is 0.0651. The summed E-state index contributed by atoms with van der Waals surface area (Å²) in [6.07, 6.45) is -0.170. The summed E-state index contributed by atoms with van der Waals surface area (Å²) in [5.41, 5.74) is -2.63. The van der Waals surface area contributed by atoms with Gasteiger partial charge in [0.15, 0.2) is 0 Å². The molecule has 1 aromatic carbocycles. The third kappa shape index (κ3) is 5.35. The lowest BCUT2D eigenvalue weighted by Gasteiger charge is -2.41. The molecule has 1 amide bonds. The maximum atomic E-state index is 14.0. The largest absolute Gasteiger partial charge is 0.419 e. The van der Waals surface area contributed by atoms with Crippen LogP contribution >= 0.6 is 11.6 Å². The summed E-state index contributed by atoms with van der Waals surface area (Å²) in [4.78, 5) is 43.9. The van der Waals surface area contributed by atoms with Crippen molar-refractivity contribution >= 4 is 40.2 Å². The summed E-state index contributed by atoms with van der Waals surface area (Å²) in [6, 6.07) is 5.54. The van der Waals surface area contributed by atoms with Crippen molar-refractivity contribution in [2.24, 2.45) is 0 Å². The lowest BCUT2D eigenvalue weighted by molar-refractivity contribution is -0.137. The summed E-state index contributed by atoms with van der Waals surface area (Å²) in [7, 11) is 0. The third-order valence-electron chi connectivity index (χ3n) is 8.55. The molecule has 0 radical (unpaired) electrons. The Morgan fingerprint density at radius 2 is 1.93 bits per heavy atom. The fourth-order valence-corrected chi connectivity index (χ4v) is 6.70. The molecule has 3 saturated heterocycles. The number of benzene rings is 1. The first-order chi connectivity index (χ1) is 21.1. The van der Waals surface area contributed by atoms with E-state index in [1.807, 2.05) is 9.80 Å². The number of halogens is 4. The van der Waals surface area contributed by atoms with Crippen LogP contribution in [0.25, 0.3) is 16.6 Å². The molecule has 6 rings (SSSR count). The van der Waals surface area contributed by atoms with Crippen LogP contribution in [0.15, 0.2) is 41.8 Å². The monoisotopic (exact) mass is 627 g/mol. The van der Waals surface area contributed by atoms with Crippen LogP contribution in [0.3, 0.4) is 0 Å². The average Bonchev–Trinajstić information content (AvgIpc) is 3.48. The van der Waals surface area contributed by atoms with Gasteiger partial charge in [-0.3, -0.25) is 14.5 Å². The van der Waals surface area contributed by atoms with Crippen molar-refractivity contribution in [2.45, 2.75) is 37.5 Å². The van der Waals surface area contributed by atoms with Gasteiger partial charge in [0.05, 0.1) is 46.4 Å². The zero-order chi connectivity index (χ0) is 31.2. The van der Waals surface area contributed by atoms with Gasteiger partial charge in [-0.2, -0.15) is 33.2 Å². The lowest BCUT2D eigenvalue weighted by Crippen LogP contribution is -2.55. The SMILES string of the molecule is C=CC(=O)N1CCN(c2nc(N3CCN4CCCC4C3)nc3c(=O)n(-c4cccc(Cl)c4C(F)(F)F)ncc23)CC1CC#N. The van der Waals surface area contributed by atoms with Gasteiger partial charge in [-0.1, -0.05) is 24.2 Å². The molecule has 0 N–H and O–H groups in total. The van der Waals surface area contributed by atoms with Crippen LogP contribution in [0, 0.1) is 11.3 Å². The Kier molecular flexibility index (Phi) is 7.93. The maximum Gasteiger partial charge on any atom is 0.419 e. The van der Waals surface area contributed by atoms with E-state index in [-0.39, 0.29) is 42.3 Å². The molecule has 2 unspecified atom stereocenters. The van der Waals surface area contributed by atoms with E-state index in [0.29, 0.717) is 36.2 Å². The topological polar surface area (TPSA) is 114 Å². The van der Waals surface area contributed by atoms with Crippen molar-refractivity contribution in [3.05, 3.63) is 58.0 Å². The number of nitrogens with zero attached hydrogens (tertiary/aromatic N) is 9. The number of anilines is 2. The van der Waals surface area contributed by atoms with Crippen LogP contribution in [-0.4, -0.2) is 93.4 Å². The first-order valence-electron chi connectivity index (χ1n) is 14.3. The van der Waals surface area contributed by atoms with E-state index in [4.69, 9.17) is 16.6 Å². The second-order valence-corrected chi connectivity index (χ2v) is 11.5. The van der Waals surface area contributed by atoms with Crippen LogP contribution < -0.4 is 15.4 Å². The van der Waals surface area contributed by atoms with Crippen molar-refractivity contribution in [3.8, 4) is 11.8 Å². The molecule has 0 spiro atoms. The number of aromatic nitrogens is 4. The van der Waals surface area contributed by atoms with Gasteiger partial charge in [0.1, 0.15) is 11.3 Å². The normalized spacial score (nSPS) is 20.9. The number of carbonyl (C=O) groups excluding carboxylic acids is 1. The third-order valence-corrected chi connectivity index (χ3v) is 8.87. The second-order valence-electron chi connectivity index (χ2n) is 11.1. The molecule has 0 aliphatic carbocycles. The molecule has 230 valence electrons. The van der Waals surface area contributed by atoms with Gasteiger partial charge >= 0.3 is 6.18 Å². The zero-order valence-electron chi connectivity index (χ0n) is 23.7. The first-order valence-corrected chi connectivity index (χ1v) is 14.7. The quantitative estimate of drug-likeness (QED) is 0.393. The fraction of sp³-hybridized carbons (Fsp3) is 0.448. The van der Waals surface area contributed by atoms with Crippen molar-refractivity contribution in [1.82, 2.24) is 29.5 Å². The Bertz CT molecular complexity index is 1720. The summed E-state index contributed by atoms with van der Waals surface area (Å²) in [6.45, 7) is 7.50. The minimum atomic E-state index is -4.84. The van der Waals surface area contributed by atoms with Crippen LogP contribution in [0.2, 0.25) is 5.02 Å². The highest BCUT2D eigenvalue weighted by molar-refractivity contribution is 6.31. The molecule has 11 nitrogen and oxygen atoms in total. The Labute approximate surface area is 255 Å². The number of fused-ring (bicyclic) bond motifs is 2. The van der Waals surface area contributed by atoms with E-state index in [1.54, 1.807) is 4.90 Å². The summed E-state index contributed by atoms with van der Waals surface area (Å²) >= 11 is 5.95. The number of piperazine rings is 2. The van der Waals surface area contributed by atoms with E-state index in [0.717, 1.165) is 38.1 Å². The van der Waals surface area contributed by atoms with Gasteiger partial charge in [0, 0.05) is 45.3 Å². The van der Waals surface area contributed by atoms with Gasteiger partial charge in [-0.15, -0.1) is 0 Å². The van der Waals surface area contributed by atoms with E-state index in [1.165, 1.54) is 18.3 Å². The molecule has 0 bridgehead atoms. The number of nitriles is 1. The molecule has 15 heteroatoms. The van der Waals surface area contributed by atoms with Crippen LogP contribution in [0.5, 0.6) is 0 Å². The molecule has 3 aromatic rings. The number of hydrogen-bond acceptors (Lipinski definition) is 9. The molecule has 3 aliphatic heterocycles. The summed E-state index contributed by atoms with van der Waals surface area (Å²) < 4.78 is 42.8. The highest BCUT2D eigenvalue weighted by atomic mass is 35.5. The standard InChI is InChI=1S/C29H29ClF3N9O2/c1-2-23(43)41-14-13-39(17-19(41)8-9-34)26-20-15-35-42(22-7-3-6-21(30)24(22)29(31,32)33)27(44)25(20)36-28(37-26)40-12-11-38-10-4-5-18(38)16-40/h2-3,6-7,15,18-19H,1,4-5,8,10-14,16-17H2. The molecule has 44 heavy (non-hydrogen) atoms. The van der Waals surface area contributed by atoms with E-state index in [2.05, 4.69) is 27.6 Å². The highest BCUT2D eigenvalue weighted by Crippen LogP contribution is 2.38. The van der Waals surface area contributed by atoms with Crippen LogP contribution in [0.4, 0.5) is 24.9 Å². The number of alkyl halides is 3. The van der Waals surface area contributed by atoms with Gasteiger partial charge < -0.3 is 14.7 Å². The van der Waals surface area contributed by atoms with E-state index >= 15 is 0 Å². The molecular formula is C29H29ClF3N9O2. The Morgan fingerprint density at radius 1 is 1.14 bits per heavy atom. The predicted molar refractivity (Wildman–Crippen MR) is 158 cm³/mol. The lowest BCUT2D eigenvalue weighted by atomic mass is 10.1. The molecule has 5 heterocycles. The van der Waals surface area contributed by atoms with Crippen molar-refractivity contribution in [2.75, 3.05) is 55.6 Å². The van der Waals surface area contributed by atoms with Gasteiger partial charge in [0.25, 0.3) is 5.56 Å². The zero-order valence-corrected chi connectivity index (χ0v) is 24.4. The molecule has 3 fully saturated rings. The van der Waals surface area contributed by atoms with Crippen LogP contribution in [0.1, 0.15) is 24.8 Å². The molecule has 2 aromatic heterocycles. The fourth-order valence-electron chi connectivity index (χ4n) is 6.43. The minimum Gasteiger partial charge on any atom is -0.352 e. The first kappa shape index (κ1) is 29.8. The van der Waals surface area contributed by atoms with Gasteiger partial charge in [0.2, 0.25) is 11.9 Å². The Hall–Kier alpha value is -4.22. The Balaban J connectivity index is 1.50. The number of carbonyl (C=O) groups is 1. The second kappa shape index (κ2) is 11.7. The van der Waals surface area contributed by atoms with E-state index < -0.39 is 34.1 Å². The molecular weight excluding hydrogens is 599 g/mol. The van der Waals surface area contributed by atoms with Gasteiger partial charge in [-0.05, 0) is 37.6 Å². The maximum absolute atomic E-state index is 14.0. The predicted octanol–water partition coefficient (Wildman–Crippen LogP) is 3.25. The van der Waals surface area contributed by atoms with Crippen molar-refractivity contribution < 1.29 is 18.0 Å². The van der Waals surface area contributed by atoms with Crippen LogP contribution in [-0.2, 0) is 11.0 Å². The highest BCUT2D eigenvalue weighted by Gasteiger charge is 2.38. The van der Waals surface area contributed by atoms with Crippen molar-refractivity contribution in [3.63, 3.8) is 0 Å². The van der Waals surface area contributed by atoms with Crippen molar-refractivity contribution in [1.29, 1.82) is 5.26 Å². The molecule has 0 saturated carbocycles. The smallest absolute Gasteiger partial charge is 0.352 e. The molecule has 2 atom stereocenters. The summed E-state index contributed by atoms with van der Waals surface area (Å²) in [5, 5.41) is 13.3. The number of hydrogen-bond donors (Lipinski definition) is 0. The van der Waals surface area contributed by atoms with Gasteiger partial charge in [-0.25, -0.2) is 4.98 Å². The molecule has 3 aliphatic rings. The summed E-state index contributed by atoms with van der Waals surface area (Å²) in [5.74, 6) is 0.364.